The van der Waals surface area contributed by atoms with Crippen LogP contribution in [-0.2, 0) is 0 Å². The fourth-order valence-electron chi connectivity index (χ4n) is 3.19. The molecule has 3 heterocycles. The normalized spacial score (nSPS) is 28.1. The van der Waals surface area contributed by atoms with Gasteiger partial charge in [0.1, 0.15) is 0 Å². The molecule has 0 spiro atoms. The number of imidazole rings is 1. The first-order valence-corrected chi connectivity index (χ1v) is 6.69. The van der Waals surface area contributed by atoms with Crippen LogP contribution in [0, 0.1) is 12.8 Å². The Morgan fingerprint density at radius 3 is 3.00 bits per heavy atom. The van der Waals surface area contributed by atoms with E-state index in [4.69, 9.17) is 4.98 Å². The van der Waals surface area contributed by atoms with E-state index in [1.165, 1.54) is 25.5 Å². The number of hydrogen-bond donors (Lipinski definition) is 1. The van der Waals surface area contributed by atoms with Crippen molar-refractivity contribution in [1.82, 2.24) is 14.9 Å². The monoisotopic (exact) mass is 234 g/mol. The molecular formula is C13H22N4. The van der Waals surface area contributed by atoms with Gasteiger partial charge in [-0.25, -0.2) is 4.98 Å². The smallest absolute Gasteiger partial charge is 0.206 e. The largest absolute Gasteiger partial charge is 0.338 e. The molecule has 2 saturated heterocycles. The molecule has 0 aromatic carbocycles. The van der Waals surface area contributed by atoms with Crippen molar-refractivity contribution in [2.75, 3.05) is 24.5 Å². The third-order valence-corrected chi connectivity index (χ3v) is 4.09. The van der Waals surface area contributed by atoms with Crippen LogP contribution in [0.4, 0.5) is 5.95 Å². The van der Waals surface area contributed by atoms with Crippen LogP contribution in [-0.4, -0.2) is 35.2 Å². The highest BCUT2D eigenvalue weighted by Gasteiger charge is 2.39. The third kappa shape index (κ3) is 1.75. The minimum Gasteiger partial charge on any atom is -0.338 e. The van der Waals surface area contributed by atoms with E-state index in [9.17, 15) is 0 Å². The fraction of sp³-hybridized carbons (Fsp3) is 0.769. The number of nitrogens with zero attached hydrogens (tertiary/aromatic N) is 3. The van der Waals surface area contributed by atoms with Gasteiger partial charge in [-0.3, -0.25) is 0 Å². The second-order valence-corrected chi connectivity index (χ2v) is 5.65. The van der Waals surface area contributed by atoms with Gasteiger partial charge in [-0.1, -0.05) is 0 Å². The molecule has 0 radical (unpaired) electrons. The average molecular weight is 234 g/mol. The Morgan fingerprint density at radius 1 is 1.41 bits per heavy atom. The molecule has 4 nitrogen and oxygen atoms in total. The second-order valence-electron chi connectivity index (χ2n) is 5.65. The molecule has 2 atom stereocenters. The van der Waals surface area contributed by atoms with Crippen molar-refractivity contribution in [1.29, 1.82) is 0 Å². The van der Waals surface area contributed by atoms with Crippen LogP contribution in [0.3, 0.4) is 0 Å². The first-order chi connectivity index (χ1) is 8.16. The minimum absolute atomic E-state index is 0.486. The molecule has 94 valence electrons. The highest BCUT2D eigenvalue weighted by atomic mass is 15.4. The van der Waals surface area contributed by atoms with E-state index in [1.54, 1.807) is 0 Å². The van der Waals surface area contributed by atoms with Gasteiger partial charge in [0.2, 0.25) is 5.95 Å². The van der Waals surface area contributed by atoms with E-state index in [2.05, 4.69) is 41.8 Å². The topological polar surface area (TPSA) is 33.1 Å². The molecule has 2 aliphatic heterocycles. The summed E-state index contributed by atoms with van der Waals surface area (Å²) >= 11 is 0. The first kappa shape index (κ1) is 11.1. The van der Waals surface area contributed by atoms with Gasteiger partial charge in [0.25, 0.3) is 0 Å². The van der Waals surface area contributed by atoms with E-state index in [0.717, 1.165) is 18.2 Å². The summed E-state index contributed by atoms with van der Waals surface area (Å²) in [4.78, 5) is 7.25. The van der Waals surface area contributed by atoms with Gasteiger partial charge in [-0.15, -0.1) is 0 Å². The van der Waals surface area contributed by atoms with Crippen LogP contribution in [0.15, 0.2) is 6.20 Å². The lowest BCUT2D eigenvalue weighted by Crippen LogP contribution is -2.36. The summed E-state index contributed by atoms with van der Waals surface area (Å²) in [6.07, 6.45) is 3.48. The highest BCUT2D eigenvalue weighted by molar-refractivity contribution is 5.38. The van der Waals surface area contributed by atoms with Crippen molar-refractivity contribution < 1.29 is 0 Å². The Kier molecular flexibility index (Phi) is 2.62. The molecule has 0 saturated carbocycles. The highest BCUT2D eigenvalue weighted by Crippen LogP contribution is 2.32. The summed E-state index contributed by atoms with van der Waals surface area (Å²) in [5.74, 6) is 2.00. The Balaban J connectivity index is 1.93. The van der Waals surface area contributed by atoms with E-state index < -0.39 is 0 Å². The van der Waals surface area contributed by atoms with Crippen molar-refractivity contribution in [3.05, 3.63) is 11.9 Å². The van der Waals surface area contributed by atoms with Crippen LogP contribution < -0.4 is 10.2 Å². The van der Waals surface area contributed by atoms with Gasteiger partial charge in [0.05, 0.1) is 5.69 Å². The molecule has 1 aromatic heterocycles. The average Bonchev–Trinajstić information content (AvgIpc) is 2.89. The molecule has 0 unspecified atom stereocenters. The standard InChI is InChI=1S/C13H22N4/c1-9(2)17-8-10(3)15-13(17)16-5-4-11-6-14-7-12(11)16/h8-9,11-12,14H,4-7H2,1-3H3/t11-,12+/m0/s1. The molecule has 1 aromatic rings. The fourth-order valence-corrected chi connectivity index (χ4v) is 3.19. The number of aryl methyl sites for hydroxylation is 1. The van der Waals surface area contributed by atoms with Crippen molar-refractivity contribution in [3.63, 3.8) is 0 Å². The molecule has 0 aliphatic carbocycles. The summed E-state index contributed by atoms with van der Waals surface area (Å²) in [7, 11) is 0. The van der Waals surface area contributed by atoms with Crippen LogP contribution in [0.1, 0.15) is 32.0 Å². The summed E-state index contributed by atoms with van der Waals surface area (Å²) in [6.45, 7) is 10.0. The molecule has 3 rings (SSSR count). The van der Waals surface area contributed by atoms with Crippen molar-refractivity contribution in [2.24, 2.45) is 5.92 Å². The Bertz CT molecular complexity index is 410. The lowest BCUT2D eigenvalue weighted by Gasteiger charge is -2.26. The molecule has 0 amide bonds. The first-order valence-electron chi connectivity index (χ1n) is 6.69. The zero-order chi connectivity index (χ0) is 12.0. The van der Waals surface area contributed by atoms with Gasteiger partial charge in [-0.2, -0.15) is 0 Å². The molecule has 1 N–H and O–H groups in total. The van der Waals surface area contributed by atoms with Gasteiger partial charge in [-0.05, 0) is 33.1 Å². The molecule has 2 fully saturated rings. The second kappa shape index (κ2) is 4.02. The lowest BCUT2D eigenvalue weighted by molar-refractivity contribution is 0.553. The summed E-state index contributed by atoms with van der Waals surface area (Å²) < 4.78 is 2.32. The number of hydrogen-bond acceptors (Lipinski definition) is 3. The molecular weight excluding hydrogens is 212 g/mol. The Labute approximate surface area is 103 Å². The molecule has 4 heteroatoms. The molecule has 17 heavy (non-hydrogen) atoms. The van der Waals surface area contributed by atoms with Crippen molar-refractivity contribution in [3.8, 4) is 0 Å². The summed E-state index contributed by atoms with van der Waals surface area (Å²) in [6, 6.07) is 1.15. The number of fused-ring (bicyclic) bond motifs is 1. The van der Waals surface area contributed by atoms with Crippen LogP contribution in [0.5, 0.6) is 0 Å². The Hall–Kier alpha value is -1.03. The van der Waals surface area contributed by atoms with Crippen LogP contribution in [0.2, 0.25) is 0 Å². The maximum Gasteiger partial charge on any atom is 0.206 e. The van der Waals surface area contributed by atoms with Crippen LogP contribution in [0.25, 0.3) is 0 Å². The summed E-state index contributed by atoms with van der Waals surface area (Å²) in [5, 5.41) is 3.50. The van der Waals surface area contributed by atoms with Crippen molar-refractivity contribution in [2.45, 2.75) is 39.3 Å². The molecule has 0 bridgehead atoms. The van der Waals surface area contributed by atoms with Crippen LogP contribution >= 0.6 is 0 Å². The van der Waals surface area contributed by atoms with E-state index in [-0.39, 0.29) is 0 Å². The van der Waals surface area contributed by atoms with Gasteiger partial charge >= 0.3 is 0 Å². The van der Waals surface area contributed by atoms with E-state index >= 15 is 0 Å². The molecule has 2 aliphatic rings. The summed E-state index contributed by atoms with van der Waals surface area (Å²) in [5.41, 5.74) is 1.13. The third-order valence-electron chi connectivity index (χ3n) is 4.09. The van der Waals surface area contributed by atoms with Gasteiger partial charge in [0.15, 0.2) is 0 Å². The van der Waals surface area contributed by atoms with E-state index in [0.29, 0.717) is 12.1 Å². The maximum absolute atomic E-state index is 4.74. The quantitative estimate of drug-likeness (QED) is 0.843. The number of anilines is 1. The number of rotatable bonds is 2. The van der Waals surface area contributed by atoms with Gasteiger partial charge < -0.3 is 14.8 Å². The van der Waals surface area contributed by atoms with E-state index in [1.807, 2.05) is 0 Å². The zero-order valence-corrected chi connectivity index (χ0v) is 11.0. The SMILES string of the molecule is Cc1cn(C(C)C)c(N2CC[C@H]3CNC[C@H]32)n1. The number of nitrogens with one attached hydrogen (secondary N) is 1. The van der Waals surface area contributed by atoms with Gasteiger partial charge in [0, 0.05) is 37.9 Å². The predicted octanol–water partition coefficient (Wildman–Crippen LogP) is 1.57. The maximum atomic E-state index is 4.74. The lowest BCUT2D eigenvalue weighted by atomic mass is 10.1. The Morgan fingerprint density at radius 2 is 2.24 bits per heavy atom. The number of aromatic nitrogens is 2. The minimum atomic E-state index is 0.486. The zero-order valence-electron chi connectivity index (χ0n) is 11.0. The van der Waals surface area contributed by atoms with Crippen molar-refractivity contribution >= 4 is 5.95 Å². The predicted molar refractivity (Wildman–Crippen MR) is 69.5 cm³/mol.